The average Bonchev–Trinajstić information content (AvgIpc) is 2.53. The van der Waals surface area contributed by atoms with Gasteiger partial charge in [0.1, 0.15) is 0 Å². The van der Waals surface area contributed by atoms with Gasteiger partial charge in [-0.3, -0.25) is 4.79 Å². The van der Waals surface area contributed by atoms with Crippen molar-refractivity contribution in [2.75, 3.05) is 6.54 Å². The molecule has 0 bridgehead atoms. The Bertz CT molecular complexity index is 707. The molecule has 0 saturated heterocycles. The summed E-state index contributed by atoms with van der Waals surface area (Å²) in [5.74, 6) is -0.260. The van der Waals surface area contributed by atoms with Crippen LogP contribution in [0.15, 0.2) is 59.5 Å². The van der Waals surface area contributed by atoms with Crippen molar-refractivity contribution in [3.8, 4) is 0 Å². The van der Waals surface area contributed by atoms with E-state index in [4.69, 9.17) is 0 Å². The highest BCUT2D eigenvalue weighted by Gasteiger charge is 2.15. The number of rotatable bonds is 6. The van der Waals surface area contributed by atoms with Crippen LogP contribution in [0.3, 0.4) is 0 Å². The second kappa shape index (κ2) is 6.65. The number of hydrogen-bond acceptors (Lipinski definition) is 3. The Morgan fingerprint density at radius 2 is 1.62 bits per heavy atom. The van der Waals surface area contributed by atoms with E-state index in [-0.39, 0.29) is 17.2 Å². The molecule has 2 rings (SSSR count). The van der Waals surface area contributed by atoms with Gasteiger partial charge in [-0.15, -0.1) is 0 Å². The lowest BCUT2D eigenvalue weighted by molar-refractivity contribution is 0.0997. The molecule has 0 amide bonds. The SMILES string of the molecule is CCc1ccc(S(=O)(=O)NCC(=O)c2ccccc2)cc1. The number of Topliss-reactive ketones (excluding diaryl/α,β-unsaturated/α-hetero) is 1. The van der Waals surface area contributed by atoms with Crippen LogP contribution in [0, 0.1) is 0 Å². The van der Waals surface area contributed by atoms with Gasteiger partial charge in [0, 0.05) is 5.56 Å². The molecule has 4 nitrogen and oxygen atoms in total. The van der Waals surface area contributed by atoms with Gasteiger partial charge in [-0.25, -0.2) is 13.1 Å². The molecule has 0 saturated carbocycles. The Labute approximate surface area is 124 Å². The van der Waals surface area contributed by atoms with Gasteiger partial charge in [-0.1, -0.05) is 49.4 Å². The molecule has 21 heavy (non-hydrogen) atoms. The molecule has 0 fully saturated rings. The van der Waals surface area contributed by atoms with E-state index in [2.05, 4.69) is 4.72 Å². The van der Waals surface area contributed by atoms with Crippen LogP contribution in [0.4, 0.5) is 0 Å². The van der Waals surface area contributed by atoms with Gasteiger partial charge in [-0.05, 0) is 24.1 Å². The van der Waals surface area contributed by atoms with Gasteiger partial charge in [0.05, 0.1) is 11.4 Å². The molecule has 0 heterocycles. The van der Waals surface area contributed by atoms with Crippen molar-refractivity contribution in [1.82, 2.24) is 4.72 Å². The number of benzene rings is 2. The normalized spacial score (nSPS) is 11.3. The number of aryl methyl sites for hydroxylation is 1. The van der Waals surface area contributed by atoms with Crippen LogP contribution in [0.25, 0.3) is 0 Å². The summed E-state index contributed by atoms with van der Waals surface area (Å²) < 4.78 is 26.5. The van der Waals surface area contributed by atoms with Crippen molar-refractivity contribution in [1.29, 1.82) is 0 Å². The first-order chi connectivity index (χ1) is 10.0. The molecule has 0 spiro atoms. The van der Waals surface area contributed by atoms with Crippen LogP contribution in [0.2, 0.25) is 0 Å². The minimum atomic E-state index is -3.66. The zero-order chi connectivity index (χ0) is 15.3. The van der Waals surface area contributed by atoms with Gasteiger partial charge in [0.25, 0.3) is 0 Å². The fourth-order valence-corrected chi connectivity index (χ4v) is 2.86. The molecule has 2 aromatic carbocycles. The number of nitrogens with one attached hydrogen (secondary N) is 1. The van der Waals surface area contributed by atoms with Crippen LogP contribution >= 0.6 is 0 Å². The fraction of sp³-hybridized carbons (Fsp3) is 0.188. The minimum Gasteiger partial charge on any atom is -0.293 e. The molecular formula is C16H17NO3S. The molecule has 5 heteroatoms. The first-order valence-electron chi connectivity index (χ1n) is 6.70. The first kappa shape index (κ1) is 15.4. The van der Waals surface area contributed by atoms with Crippen LogP contribution in [-0.2, 0) is 16.4 Å². The molecule has 0 aliphatic rings. The largest absolute Gasteiger partial charge is 0.293 e. The van der Waals surface area contributed by atoms with E-state index >= 15 is 0 Å². The third-order valence-corrected chi connectivity index (χ3v) is 4.58. The van der Waals surface area contributed by atoms with Crippen molar-refractivity contribution in [2.24, 2.45) is 0 Å². The van der Waals surface area contributed by atoms with Crippen LogP contribution in [0.5, 0.6) is 0 Å². The second-order valence-electron chi connectivity index (χ2n) is 4.61. The lowest BCUT2D eigenvalue weighted by Gasteiger charge is -2.07. The summed E-state index contributed by atoms with van der Waals surface area (Å²) in [7, 11) is -3.66. The molecule has 110 valence electrons. The predicted molar refractivity (Wildman–Crippen MR) is 81.8 cm³/mol. The Balaban J connectivity index is 2.05. The molecule has 0 atom stereocenters. The number of hydrogen-bond donors (Lipinski definition) is 1. The second-order valence-corrected chi connectivity index (χ2v) is 6.38. The van der Waals surface area contributed by atoms with E-state index in [1.807, 2.05) is 6.92 Å². The first-order valence-corrected chi connectivity index (χ1v) is 8.18. The summed E-state index contributed by atoms with van der Waals surface area (Å²) in [5.41, 5.74) is 1.55. The molecule has 0 aromatic heterocycles. The Hall–Kier alpha value is -1.98. The smallest absolute Gasteiger partial charge is 0.240 e. The minimum absolute atomic E-state index is 0.167. The summed E-state index contributed by atoms with van der Waals surface area (Å²) in [5, 5.41) is 0. The van der Waals surface area contributed by atoms with Crippen molar-refractivity contribution < 1.29 is 13.2 Å². The Morgan fingerprint density at radius 3 is 2.19 bits per heavy atom. The molecule has 2 aromatic rings. The van der Waals surface area contributed by atoms with Crippen LogP contribution < -0.4 is 4.72 Å². The standard InChI is InChI=1S/C16H17NO3S/c1-2-13-8-10-15(11-9-13)21(19,20)17-12-16(18)14-6-4-3-5-7-14/h3-11,17H,2,12H2,1H3. The molecule has 1 N–H and O–H groups in total. The van der Waals surface area contributed by atoms with Crippen LogP contribution in [-0.4, -0.2) is 20.7 Å². The van der Waals surface area contributed by atoms with E-state index < -0.39 is 10.0 Å². The Morgan fingerprint density at radius 1 is 1.00 bits per heavy atom. The van der Waals surface area contributed by atoms with Gasteiger partial charge in [-0.2, -0.15) is 0 Å². The zero-order valence-corrected chi connectivity index (χ0v) is 12.6. The number of sulfonamides is 1. The zero-order valence-electron chi connectivity index (χ0n) is 11.7. The predicted octanol–water partition coefficient (Wildman–Crippen LogP) is 2.41. The van der Waals surface area contributed by atoms with E-state index in [1.165, 1.54) is 0 Å². The maximum atomic E-state index is 12.1. The van der Waals surface area contributed by atoms with E-state index in [0.29, 0.717) is 5.56 Å². The van der Waals surface area contributed by atoms with Crippen molar-refractivity contribution >= 4 is 15.8 Å². The third-order valence-electron chi connectivity index (χ3n) is 3.16. The lowest BCUT2D eigenvalue weighted by atomic mass is 10.1. The molecule has 0 unspecified atom stereocenters. The summed E-state index contributed by atoms with van der Waals surface area (Å²) in [6.45, 7) is 1.75. The van der Waals surface area contributed by atoms with Gasteiger partial charge >= 0.3 is 0 Å². The van der Waals surface area contributed by atoms with E-state index in [0.717, 1.165) is 12.0 Å². The number of ketones is 1. The highest BCUT2D eigenvalue weighted by atomic mass is 32.2. The summed E-state index contributed by atoms with van der Waals surface area (Å²) in [6, 6.07) is 15.2. The van der Waals surface area contributed by atoms with Crippen molar-refractivity contribution in [3.63, 3.8) is 0 Å². The molecule has 0 aliphatic heterocycles. The van der Waals surface area contributed by atoms with Crippen molar-refractivity contribution in [3.05, 3.63) is 65.7 Å². The maximum Gasteiger partial charge on any atom is 0.240 e. The monoisotopic (exact) mass is 303 g/mol. The van der Waals surface area contributed by atoms with E-state index in [1.54, 1.807) is 54.6 Å². The van der Waals surface area contributed by atoms with Gasteiger partial charge < -0.3 is 0 Å². The topological polar surface area (TPSA) is 63.2 Å². The molecule has 0 aliphatic carbocycles. The van der Waals surface area contributed by atoms with Crippen molar-refractivity contribution in [2.45, 2.75) is 18.2 Å². The average molecular weight is 303 g/mol. The summed E-state index contributed by atoms with van der Waals surface area (Å²) in [6.07, 6.45) is 0.847. The number of carbonyl (C=O) groups is 1. The highest BCUT2D eigenvalue weighted by Crippen LogP contribution is 2.11. The third kappa shape index (κ3) is 4.00. The molecule has 0 radical (unpaired) electrons. The quantitative estimate of drug-likeness (QED) is 0.834. The molecular weight excluding hydrogens is 286 g/mol. The van der Waals surface area contributed by atoms with Crippen LogP contribution in [0.1, 0.15) is 22.8 Å². The van der Waals surface area contributed by atoms with Gasteiger partial charge in [0.2, 0.25) is 10.0 Å². The fourth-order valence-electron chi connectivity index (χ4n) is 1.87. The highest BCUT2D eigenvalue weighted by molar-refractivity contribution is 7.89. The van der Waals surface area contributed by atoms with E-state index in [9.17, 15) is 13.2 Å². The summed E-state index contributed by atoms with van der Waals surface area (Å²) in [4.78, 5) is 12.1. The van der Waals surface area contributed by atoms with Gasteiger partial charge in [0.15, 0.2) is 5.78 Å². The number of carbonyl (C=O) groups excluding carboxylic acids is 1. The Kier molecular flexibility index (Phi) is 4.88. The summed E-state index contributed by atoms with van der Waals surface area (Å²) >= 11 is 0. The lowest BCUT2D eigenvalue weighted by Crippen LogP contribution is -2.29. The maximum absolute atomic E-state index is 12.1.